The van der Waals surface area contributed by atoms with Crippen molar-refractivity contribution in [1.82, 2.24) is 10.6 Å². The molecule has 0 saturated heterocycles. The first-order valence-corrected chi connectivity index (χ1v) is 19.1. The highest BCUT2D eigenvalue weighted by molar-refractivity contribution is 7.80. The second-order valence-electron chi connectivity index (χ2n) is 15.9. The van der Waals surface area contributed by atoms with Crippen LogP contribution < -0.4 is 16.4 Å². The number of nitrogens with one attached hydrogen (secondary N) is 2. The largest absolute Gasteiger partial charge is 0.397 e. The van der Waals surface area contributed by atoms with Crippen LogP contribution in [0.15, 0.2) is 0 Å². The van der Waals surface area contributed by atoms with Gasteiger partial charge in [0.25, 0.3) is 0 Å². The van der Waals surface area contributed by atoms with Gasteiger partial charge in [-0.15, -0.1) is 0 Å². The van der Waals surface area contributed by atoms with Crippen molar-refractivity contribution in [3.63, 3.8) is 0 Å². The molecule has 43 heavy (non-hydrogen) atoms. The van der Waals surface area contributed by atoms with Gasteiger partial charge in [-0.2, -0.15) is 8.42 Å². The minimum Gasteiger partial charge on any atom is -0.393 e. The van der Waals surface area contributed by atoms with Gasteiger partial charge in [-0.3, -0.25) is 4.55 Å². The SMILES string of the molecule is CC(CC[C@@H](OS(=O)(=O)O)C(C)C)[C@H]1CCC2C3C(O)C[C@H]4C[C@@H](NCCCNCCCCN)CC[C@]4(C)C3CC[C@@]21C. The zero-order chi connectivity index (χ0) is 31.4. The summed E-state index contributed by atoms with van der Waals surface area (Å²) >= 11 is 0. The highest BCUT2D eigenvalue weighted by atomic mass is 32.3. The van der Waals surface area contributed by atoms with Crippen molar-refractivity contribution in [3.8, 4) is 0 Å². The molecule has 4 fully saturated rings. The van der Waals surface area contributed by atoms with E-state index in [0.717, 1.165) is 58.3 Å². The molecule has 5 unspecified atom stereocenters. The smallest absolute Gasteiger partial charge is 0.393 e. The number of fused-ring (bicyclic) bond motifs is 5. The van der Waals surface area contributed by atoms with Crippen LogP contribution in [0.5, 0.6) is 0 Å². The molecule has 0 aliphatic heterocycles. The summed E-state index contributed by atoms with van der Waals surface area (Å²) in [5.41, 5.74) is 6.13. The first-order chi connectivity index (χ1) is 20.3. The van der Waals surface area contributed by atoms with E-state index in [1.165, 1.54) is 44.9 Å². The third-order valence-electron chi connectivity index (χ3n) is 13.1. The second kappa shape index (κ2) is 15.1. The van der Waals surface area contributed by atoms with Gasteiger partial charge in [-0.25, -0.2) is 4.18 Å². The van der Waals surface area contributed by atoms with E-state index in [2.05, 4.69) is 31.4 Å². The van der Waals surface area contributed by atoms with Crippen LogP contribution in [-0.4, -0.2) is 62.5 Å². The third-order valence-corrected chi connectivity index (χ3v) is 13.6. The Balaban J connectivity index is 1.32. The lowest BCUT2D eigenvalue weighted by molar-refractivity contribution is -0.167. The van der Waals surface area contributed by atoms with Crippen LogP contribution in [0.1, 0.15) is 118 Å². The highest BCUT2D eigenvalue weighted by Crippen LogP contribution is 2.68. The molecule has 6 N–H and O–H groups in total. The molecule has 0 aromatic heterocycles. The van der Waals surface area contributed by atoms with Gasteiger partial charge in [0.2, 0.25) is 0 Å². The molecule has 0 bridgehead atoms. The highest BCUT2D eigenvalue weighted by Gasteiger charge is 2.62. The van der Waals surface area contributed by atoms with Crippen molar-refractivity contribution in [2.24, 2.45) is 58.0 Å². The molecule has 252 valence electrons. The van der Waals surface area contributed by atoms with Crippen LogP contribution in [0.4, 0.5) is 0 Å². The number of unbranched alkanes of at least 4 members (excludes halogenated alkanes) is 1. The van der Waals surface area contributed by atoms with Gasteiger partial charge in [0.1, 0.15) is 0 Å². The maximum Gasteiger partial charge on any atom is 0.397 e. The summed E-state index contributed by atoms with van der Waals surface area (Å²) in [7, 11) is -4.45. The molecule has 0 heterocycles. The molecule has 4 aliphatic rings. The first kappa shape index (κ1) is 35.6. The lowest BCUT2D eigenvalue weighted by Crippen LogP contribution is -2.59. The molecule has 0 spiro atoms. The maximum absolute atomic E-state index is 11.8. The van der Waals surface area contributed by atoms with Gasteiger partial charge >= 0.3 is 10.4 Å². The summed E-state index contributed by atoms with van der Waals surface area (Å²) in [5.74, 6) is 3.21. The molecular formula is C34H65N3O5S. The van der Waals surface area contributed by atoms with E-state index in [-0.39, 0.29) is 17.4 Å². The van der Waals surface area contributed by atoms with Crippen LogP contribution in [-0.2, 0) is 14.6 Å². The summed E-state index contributed by atoms with van der Waals surface area (Å²) in [6, 6.07) is 0.573. The number of hydrogen-bond acceptors (Lipinski definition) is 7. The van der Waals surface area contributed by atoms with E-state index in [9.17, 15) is 18.1 Å². The summed E-state index contributed by atoms with van der Waals surface area (Å²) in [6.07, 6.45) is 13.7. The van der Waals surface area contributed by atoms with Crippen molar-refractivity contribution in [2.75, 3.05) is 26.2 Å². The van der Waals surface area contributed by atoms with E-state index < -0.39 is 16.5 Å². The average Bonchev–Trinajstić information content (AvgIpc) is 3.29. The van der Waals surface area contributed by atoms with Gasteiger partial charge in [0.05, 0.1) is 12.2 Å². The van der Waals surface area contributed by atoms with E-state index in [0.29, 0.717) is 53.4 Å². The molecule has 8 nitrogen and oxygen atoms in total. The second-order valence-corrected chi connectivity index (χ2v) is 17.0. The van der Waals surface area contributed by atoms with Gasteiger partial charge in [-0.1, -0.05) is 34.6 Å². The summed E-state index contributed by atoms with van der Waals surface area (Å²) in [5, 5.41) is 19.2. The van der Waals surface area contributed by atoms with Crippen molar-refractivity contribution in [2.45, 2.75) is 136 Å². The molecule has 0 amide bonds. The fourth-order valence-electron chi connectivity index (χ4n) is 10.7. The summed E-state index contributed by atoms with van der Waals surface area (Å²) in [4.78, 5) is 0. The number of aliphatic hydroxyl groups excluding tert-OH is 1. The lowest BCUT2D eigenvalue weighted by atomic mass is 9.43. The molecule has 9 heteroatoms. The monoisotopic (exact) mass is 627 g/mol. The fraction of sp³-hybridized carbons (Fsp3) is 1.00. The Bertz CT molecular complexity index is 981. The van der Waals surface area contributed by atoms with Crippen molar-refractivity contribution < 1.29 is 22.3 Å². The molecule has 4 rings (SSSR count). The Morgan fingerprint density at radius 1 is 0.907 bits per heavy atom. The zero-order valence-corrected chi connectivity index (χ0v) is 28.7. The summed E-state index contributed by atoms with van der Waals surface area (Å²) in [6.45, 7) is 15.3. The Kier molecular flexibility index (Phi) is 12.5. The average molecular weight is 628 g/mol. The van der Waals surface area contributed by atoms with Crippen LogP contribution in [0.2, 0.25) is 0 Å². The minimum atomic E-state index is -4.45. The Hall–Kier alpha value is -0.290. The maximum atomic E-state index is 11.8. The molecule has 4 aliphatic carbocycles. The van der Waals surface area contributed by atoms with Crippen molar-refractivity contribution in [3.05, 3.63) is 0 Å². The van der Waals surface area contributed by atoms with E-state index in [1.54, 1.807) is 0 Å². The topological polar surface area (TPSA) is 134 Å². The predicted molar refractivity (Wildman–Crippen MR) is 174 cm³/mol. The van der Waals surface area contributed by atoms with Crippen LogP contribution in [0, 0.1) is 52.3 Å². The molecular weight excluding hydrogens is 562 g/mol. The van der Waals surface area contributed by atoms with Crippen LogP contribution >= 0.6 is 0 Å². The molecule has 4 saturated carbocycles. The third kappa shape index (κ3) is 8.36. The zero-order valence-electron chi connectivity index (χ0n) is 27.9. The van der Waals surface area contributed by atoms with E-state index in [4.69, 9.17) is 9.92 Å². The normalized spacial score (nSPS) is 39.2. The van der Waals surface area contributed by atoms with Gasteiger partial charge in [0, 0.05) is 6.04 Å². The lowest BCUT2D eigenvalue weighted by Gasteiger charge is -2.62. The number of hydrogen-bond donors (Lipinski definition) is 5. The van der Waals surface area contributed by atoms with Gasteiger partial charge < -0.3 is 21.5 Å². The van der Waals surface area contributed by atoms with E-state index >= 15 is 0 Å². The number of aliphatic hydroxyl groups is 1. The molecule has 0 aromatic rings. The standard InChI is InChI=1S/C34H65N3O5S/c1-23(2)31(42-43(39,40)41)12-9-24(3)27-10-11-28-32-29(14-16-34(27,28)5)33(4)15-13-26(21-25(33)22-30(32)38)37-20-8-19-36-18-7-6-17-35/h23-32,36-38H,6-22,35H2,1-5H3,(H,39,40,41)/t24?,25-,26+,27-,28?,29?,30?,31-,32?,33+,34-/m1/s1. The number of rotatable bonds is 16. The Morgan fingerprint density at radius 3 is 2.30 bits per heavy atom. The molecule has 0 radical (unpaired) electrons. The van der Waals surface area contributed by atoms with Crippen molar-refractivity contribution >= 4 is 10.4 Å². The quantitative estimate of drug-likeness (QED) is 0.111. The Labute approximate surface area is 263 Å². The molecule has 11 atom stereocenters. The van der Waals surface area contributed by atoms with Crippen LogP contribution in [0.25, 0.3) is 0 Å². The van der Waals surface area contributed by atoms with Crippen molar-refractivity contribution in [1.29, 1.82) is 0 Å². The van der Waals surface area contributed by atoms with Crippen LogP contribution in [0.3, 0.4) is 0 Å². The van der Waals surface area contributed by atoms with E-state index in [1.807, 2.05) is 13.8 Å². The summed E-state index contributed by atoms with van der Waals surface area (Å²) < 4.78 is 37.1. The Morgan fingerprint density at radius 2 is 1.60 bits per heavy atom. The number of nitrogens with two attached hydrogens (primary N) is 1. The van der Waals surface area contributed by atoms with Gasteiger partial charge in [-0.05, 0) is 162 Å². The van der Waals surface area contributed by atoms with Gasteiger partial charge in [0.15, 0.2) is 0 Å². The first-order valence-electron chi connectivity index (χ1n) is 17.8. The minimum absolute atomic E-state index is 0.0152. The fourth-order valence-corrected chi connectivity index (χ4v) is 11.3. The predicted octanol–water partition coefficient (Wildman–Crippen LogP) is 5.55. The molecule has 0 aromatic carbocycles.